The van der Waals surface area contributed by atoms with Crippen LogP contribution in [0.25, 0.3) is 0 Å². The fraction of sp³-hybridized carbons (Fsp3) is 0.467. The maximum atomic E-state index is 11.3. The number of hydrogen-bond acceptors (Lipinski definition) is 4. The first-order valence-corrected chi connectivity index (χ1v) is 6.70. The lowest BCUT2D eigenvalue weighted by Gasteiger charge is -2.19. The van der Waals surface area contributed by atoms with E-state index in [9.17, 15) is 9.59 Å². The molecular weight excluding hydrogens is 258 g/mol. The maximum Gasteiger partial charge on any atom is 0.307 e. The molecule has 110 valence electrons. The first kappa shape index (κ1) is 16.0. The van der Waals surface area contributed by atoms with Crippen LogP contribution in [0.5, 0.6) is 0 Å². The van der Waals surface area contributed by atoms with Gasteiger partial charge in [0.1, 0.15) is 0 Å². The second-order valence-electron chi connectivity index (χ2n) is 4.54. The Morgan fingerprint density at radius 3 is 2.40 bits per heavy atom. The molecule has 1 aromatic carbocycles. The molecule has 0 saturated carbocycles. The summed E-state index contributed by atoms with van der Waals surface area (Å²) in [5.74, 6) is -0.988. The molecular formula is C15H21NO4. The van der Waals surface area contributed by atoms with Crippen LogP contribution in [0.1, 0.15) is 25.3 Å². The van der Waals surface area contributed by atoms with Crippen molar-refractivity contribution >= 4 is 17.6 Å². The molecule has 0 fully saturated rings. The number of carboxylic acids is 1. The van der Waals surface area contributed by atoms with Gasteiger partial charge in [0.15, 0.2) is 0 Å². The van der Waals surface area contributed by atoms with Crippen LogP contribution in [-0.2, 0) is 20.7 Å². The first-order chi connectivity index (χ1) is 9.52. The van der Waals surface area contributed by atoms with Crippen molar-refractivity contribution < 1.29 is 19.4 Å². The van der Waals surface area contributed by atoms with E-state index in [0.717, 1.165) is 11.3 Å². The lowest BCUT2D eigenvalue weighted by molar-refractivity contribution is -0.143. The van der Waals surface area contributed by atoms with Crippen molar-refractivity contribution in [2.24, 2.45) is 0 Å². The fourth-order valence-electron chi connectivity index (χ4n) is 1.79. The van der Waals surface area contributed by atoms with Crippen molar-refractivity contribution in [1.29, 1.82) is 0 Å². The van der Waals surface area contributed by atoms with Crippen LogP contribution in [0.4, 0.5) is 5.69 Å². The van der Waals surface area contributed by atoms with E-state index in [1.807, 2.05) is 36.2 Å². The zero-order valence-electron chi connectivity index (χ0n) is 12.0. The summed E-state index contributed by atoms with van der Waals surface area (Å²) in [7, 11) is 1.91. The largest absolute Gasteiger partial charge is 0.481 e. The quantitative estimate of drug-likeness (QED) is 0.738. The van der Waals surface area contributed by atoms with E-state index in [0.29, 0.717) is 26.0 Å². The number of anilines is 1. The van der Waals surface area contributed by atoms with Gasteiger partial charge in [0.05, 0.1) is 13.0 Å². The Kier molecular flexibility index (Phi) is 6.56. The minimum Gasteiger partial charge on any atom is -0.481 e. The summed E-state index contributed by atoms with van der Waals surface area (Å²) in [5.41, 5.74) is 1.99. The van der Waals surface area contributed by atoms with Crippen LogP contribution in [-0.4, -0.2) is 37.2 Å². The SMILES string of the molecule is CCOC(=O)CCN(C)c1ccc(CCC(=O)O)cc1. The van der Waals surface area contributed by atoms with Gasteiger partial charge in [-0.2, -0.15) is 0 Å². The molecule has 5 heteroatoms. The molecule has 0 radical (unpaired) electrons. The average molecular weight is 279 g/mol. The zero-order valence-corrected chi connectivity index (χ0v) is 12.0. The molecule has 1 N–H and O–H groups in total. The molecule has 0 bridgehead atoms. The Bertz CT molecular complexity index is 442. The Labute approximate surface area is 119 Å². The molecule has 0 atom stereocenters. The van der Waals surface area contributed by atoms with Gasteiger partial charge in [0.25, 0.3) is 0 Å². The molecule has 5 nitrogen and oxygen atoms in total. The van der Waals surface area contributed by atoms with Crippen molar-refractivity contribution in [3.63, 3.8) is 0 Å². The summed E-state index contributed by atoms with van der Waals surface area (Å²) in [6.45, 7) is 2.78. The highest BCUT2D eigenvalue weighted by molar-refractivity contribution is 5.70. The summed E-state index contributed by atoms with van der Waals surface area (Å²) in [4.78, 5) is 23.7. The number of esters is 1. The molecule has 1 rings (SSSR count). The molecule has 0 aliphatic carbocycles. The summed E-state index contributed by atoms with van der Waals surface area (Å²) < 4.78 is 4.88. The third-order valence-corrected chi connectivity index (χ3v) is 2.96. The van der Waals surface area contributed by atoms with Crippen molar-refractivity contribution in [2.45, 2.75) is 26.2 Å². The predicted molar refractivity (Wildman–Crippen MR) is 76.9 cm³/mol. The van der Waals surface area contributed by atoms with E-state index in [-0.39, 0.29) is 12.4 Å². The number of ether oxygens (including phenoxy) is 1. The van der Waals surface area contributed by atoms with E-state index in [1.165, 1.54) is 0 Å². The number of benzene rings is 1. The number of carbonyl (C=O) groups excluding carboxylic acids is 1. The number of aryl methyl sites for hydroxylation is 1. The Balaban J connectivity index is 2.46. The minimum absolute atomic E-state index is 0.137. The molecule has 0 spiro atoms. The number of carbonyl (C=O) groups is 2. The Morgan fingerprint density at radius 2 is 1.85 bits per heavy atom. The van der Waals surface area contributed by atoms with Crippen molar-refractivity contribution in [2.75, 3.05) is 25.1 Å². The van der Waals surface area contributed by atoms with Gasteiger partial charge in [0, 0.05) is 25.7 Å². The number of rotatable bonds is 8. The topological polar surface area (TPSA) is 66.8 Å². The van der Waals surface area contributed by atoms with E-state index in [4.69, 9.17) is 9.84 Å². The monoisotopic (exact) mass is 279 g/mol. The summed E-state index contributed by atoms with van der Waals surface area (Å²) >= 11 is 0. The second-order valence-corrected chi connectivity index (χ2v) is 4.54. The second kappa shape index (κ2) is 8.19. The van der Waals surface area contributed by atoms with Crippen molar-refractivity contribution in [3.05, 3.63) is 29.8 Å². The van der Waals surface area contributed by atoms with E-state index >= 15 is 0 Å². The number of aliphatic carboxylic acids is 1. The molecule has 0 amide bonds. The number of carboxylic acid groups (broad SMARTS) is 1. The van der Waals surface area contributed by atoms with Gasteiger partial charge in [0.2, 0.25) is 0 Å². The Hall–Kier alpha value is -2.04. The van der Waals surface area contributed by atoms with Crippen LogP contribution < -0.4 is 4.90 Å². The Morgan fingerprint density at radius 1 is 1.20 bits per heavy atom. The van der Waals surface area contributed by atoms with Crippen molar-refractivity contribution in [1.82, 2.24) is 0 Å². The molecule has 0 unspecified atom stereocenters. The third-order valence-electron chi connectivity index (χ3n) is 2.96. The summed E-state index contributed by atoms with van der Waals surface area (Å²) in [6, 6.07) is 7.70. The van der Waals surface area contributed by atoms with Crippen LogP contribution in [0.2, 0.25) is 0 Å². The van der Waals surface area contributed by atoms with Gasteiger partial charge in [-0.3, -0.25) is 9.59 Å². The van der Waals surface area contributed by atoms with Gasteiger partial charge < -0.3 is 14.7 Å². The maximum absolute atomic E-state index is 11.3. The lowest BCUT2D eigenvalue weighted by atomic mass is 10.1. The first-order valence-electron chi connectivity index (χ1n) is 6.70. The summed E-state index contributed by atoms with van der Waals surface area (Å²) in [6.07, 6.45) is 1.02. The smallest absolute Gasteiger partial charge is 0.307 e. The van der Waals surface area contributed by atoms with Crippen LogP contribution in [0, 0.1) is 0 Å². The highest BCUT2D eigenvalue weighted by Crippen LogP contribution is 2.15. The van der Waals surface area contributed by atoms with Crippen LogP contribution in [0.15, 0.2) is 24.3 Å². The van der Waals surface area contributed by atoms with Gasteiger partial charge >= 0.3 is 11.9 Å². The van der Waals surface area contributed by atoms with E-state index in [1.54, 1.807) is 6.92 Å². The molecule has 0 saturated heterocycles. The van der Waals surface area contributed by atoms with Crippen LogP contribution in [0.3, 0.4) is 0 Å². The highest BCUT2D eigenvalue weighted by atomic mass is 16.5. The molecule has 20 heavy (non-hydrogen) atoms. The lowest BCUT2D eigenvalue weighted by Crippen LogP contribution is -2.21. The summed E-state index contributed by atoms with van der Waals surface area (Å²) in [5, 5.41) is 8.63. The standard InChI is InChI=1S/C15H21NO4/c1-3-20-15(19)10-11-16(2)13-7-4-12(5-8-13)6-9-14(17)18/h4-5,7-8H,3,6,9-11H2,1-2H3,(H,17,18). The normalized spacial score (nSPS) is 10.1. The number of nitrogens with zero attached hydrogens (tertiary/aromatic N) is 1. The average Bonchev–Trinajstić information content (AvgIpc) is 2.43. The molecule has 0 aromatic heterocycles. The molecule has 0 aliphatic rings. The van der Waals surface area contributed by atoms with Gasteiger partial charge in [-0.1, -0.05) is 12.1 Å². The van der Waals surface area contributed by atoms with Gasteiger partial charge in [-0.05, 0) is 31.0 Å². The molecule has 1 aromatic rings. The van der Waals surface area contributed by atoms with E-state index in [2.05, 4.69) is 0 Å². The van der Waals surface area contributed by atoms with Crippen LogP contribution >= 0.6 is 0 Å². The molecule has 0 aliphatic heterocycles. The van der Waals surface area contributed by atoms with Crippen molar-refractivity contribution in [3.8, 4) is 0 Å². The minimum atomic E-state index is -0.791. The predicted octanol–water partition coefficient (Wildman–Crippen LogP) is 2.09. The van der Waals surface area contributed by atoms with E-state index < -0.39 is 5.97 Å². The molecule has 0 heterocycles. The zero-order chi connectivity index (χ0) is 15.0. The number of hydrogen-bond donors (Lipinski definition) is 1. The van der Waals surface area contributed by atoms with Gasteiger partial charge in [-0.25, -0.2) is 0 Å². The van der Waals surface area contributed by atoms with Gasteiger partial charge in [-0.15, -0.1) is 0 Å². The fourth-order valence-corrected chi connectivity index (χ4v) is 1.79. The highest BCUT2D eigenvalue weighted by Gasteiger charge is 2.06. The third kappa shape index (κ3) is 5.73.